The molecule has 0 bridgehead atoms. The lowest BCUT2D eigenvalue weighted by Crippen LogP contribution is -2.69. The lowest BCUT2D eigenvalue weighted by atomic mass is 9.84. The van der Waals surface area contributed by atoms with Crippen molar-refractivity contribution in [2.45, 2.75) is 434 Å². The lowest BCUT2D eigenvalue weighted by molar-refractivity contribution is -0.360. The molecular formula is C78H145O24P. The molecule has 0 aromatic heterocycles. The number of rotatable bonds is 64. The van der Waals surface area contributed by atoms with E-state index >= 15 is 0 Å². The van der Waals surface area contributed by atoms with Crippen LogP contribution in [0.5, 0.6) is 0 Å². The van der Waals surface area contributed by atoms with Gasteiger partial charge in [-0.05, 0) is 50.9 Å². The SMILES string of the molecule is CCCCCC/C=C\CCCCCCCCCC(=O)OCC(COP(=O)(O)OC1C(OC2OC(CO)C(O)C(O)C2O)C(O)C(O)C(O)C1OC1OC(COC(=O)CCCCCCCCCCCCCCCCCCC)C(O)C(O)C1O)OC(=O)CCCCCCCCC(C)CCCCCCCC. The fourth-order valence-corrected chi connectivity index (χ4v) is 14.7. The standard InChI is InChI=1S/C78H145O24P/c1-5-8-11-14-17-19-21-23-25-26-28-30-32-34-36-42-47-52-63(81)95-57-61-66(84)68(86)73(91)78(99-61)101-75-71(89)69(87)70(88)74(100-77-72(90)67(85)65(83)60(54-79)98-77)76(75)102-103(92,93)96-56-59(55-94-62(80)51-46-41-35-33-31-29-27-24-22-20-18-15-12-9-6-2)97-64(82)53-48-43-38-37-40-45-50-58(4)49-44-39-16-13-10-7-3/h20,22,58-61,65-79,83-91H,5-19,21,23-57H2,1-4H3,(H,92,93)/b22-20-. The summed E-state index contributed by atoms with van der Waals surface area (Å²) in [6.07, 6.45) is 18.2. The van der Waals surface area contributed by atoms with Gasteiger partial charge >= 0.3 is 25.7 Å². The number of hydrogen-bond donors (Lipinski definition) is 11. The Morgan fingerprint density at radius 2 is 0.738 bits per heavy atom. The summed E-state index contributed by atoms with van der Waals surface area (Å²) in [5.41, 5.74) is 0. The maximum absolute atomic E-state index is 14.4. The van der Waals surface area contributed by atoms with E-state index in [0.29, 0.717) is 25.2 Å². The van der Waals surface area contributed by atoms with Crippen LogP contribution in [-0.2, 0) is 61.2 Å². The van der Waals surface area contributed by atoms with Gasteiger partial charge in [0.05, 0.1) is 13.2 Å². The van der Waals surface area contributed by atoms with E-state index in [1.807, 2.05) is 0 Å². The second-order valence-corrected chi connectivity index (χ2v) is 31.2. The van der Waals surface area contributed by atoms with E-state index in [-0.39, 0.29) is 19.3 Å². The van der Waals surface area contributed by atoms with Gasteiger partial charge in [-0.2, -0.15) is 0 Å². The minimum Gasteiger partial charge on any atom is -0.463 e. The predicted molar refractivity (Wildman–Crippen MR) is 393 cm³/mol. The molecule has 19 unspecified atom stereocenters. The van der Waals surface area contributed by atoms with Crippen LogP contribution in [0.25, 0.3) is 0 Å². The molecule has 2 saturated heterocycles. The van der Waals surface area contributed by atoms with Gasteiger partial charge in [-0.1, -0.05) is 277 Å². The highest BCUT2D eigenvalue weighted by molar-refractivity contribution is 7.47. The highest BCUT2D eigenvalue weighted by atomic mass is 31.2. The van der Waals surface area contributed by atoms with E-state index in [1.165, 1.54) is 148 Å². The first-order valence-electron chi connectivity index (χ1n) is 40.9. The Labute approximate surface area is 618 Å². The van der Waals surface area contributed by atoms with Gasteiger partial charge in [0.15, 0.2) is 18.7 Å². The van der Waals surface area contributed by atoms with Gasteiger partial charge in [0.2, 0.25) is 0 Å². The number of phosphoric acid groups is 1. The van der Waals surface area contributed by atoms with Crippen molar-refractivity contribution in [1.29, 1.82) is 0 Å². The number of esters is 3. The molecule has 0 spiro atoms. The zero-order valence-electron chi connectivity index (χ0n) is 63.8. The third kappa shape index (κ3) is 41.4. The van der Waals surface area contributed by atoms with Gasteiger partial charge in [0.1, 0.15) is 98.7 Å². The van der Waals surface area contributed by atoms with Crippen molar-refractivity contribution in [3.05, 3.63) is 12.2 Å². The molecule has 24 nitrogen and oxygen atoms in total. The van der Waals surface area contributed by atoms with Gasteiger partial charge in [-0.3, -0.25) is 23.4 Å². The molecular weight excluding hydrogens is 1350 g/mol. The highest BCUT2D eigenvalue weighted by Gasteiger charge is 2.58. The second-order valence-electron chi connectivity index (χ2n) is 29.8. The number of allylic oxidation sites excluding steroid dienone is 2. The maximum atomic E-state index is 14.4. The fraction of sp³-hybridized carbons (Fsp3) is 0.936. The second kappa shape index (κ2) is 58.6. The summed E-state index contributed by atoms with van der Waals surface area (Å²) < 4.78 is 65.3. The molecule has 19 atom stereocenters. The van der Waals surface area contributed by atoms with Crippen LogP contribution in [0, 0.1) is 5.92 Å². The number of ether oxygens (including phenoxy) is 7. The number of hydrogen-bond acceptors (Lipinski definition) is 23. The molecule has 3 rings (SSSR count). The molecule has 3 fully saturated rings. The van der Waals surface area contributed by atoms with Crippen LogP contribution in [0.4, 0.5) is 0 Å². The molecule has 1 saturated carbocycles. The molecule has 0 aromatic rings. The normalized spacial score (nSPS) is 27.2. The van der Waals surface area contributed by atoms with Gasteiger partial charge < -0.3 is 89.1 Å². The summed E-state index contributed by atoms with van der Waals surface area (Å²) in [6.45, 7) is 5.80. The average Bonchev–Trinajstić information content (AvgIpc) is 0.761. The molecule has 2 aliphatic heterocycles. The first kappa shape index (κ1) is 94.9. The van der Waals surface area contributed by atoms with E-state index in [1.54, 1.807) is 0 Å². The number of carbonyl (C=O) groups is 3. The summed E-state index contributed by atoms with van der Waals surface area (Å²) in [6, 6.07) is 0. The Balaban J connectivity index is 1.71. The first-order valence-corrected chi connectivity index (χ1v) is 42.4. The van der Waals surface area contributed by atoms with Crippen LogP contribution in [0.3, 0.4) is 0 Å². The van der Waals surface area contributed by atoms with E-state index < -0.39 is 156 Å². The van der Waals surface area contributed by atoms with Gasteiger partial charge in [-0.25, -0.2) is 4.57 Å². The Bertz CT molecular complexity index is 2180. The van der Waals surface area contributed by atoms with Crippen molar-refractivity contribution < 1.29 is 117 Å². The molecule has 0 amide bonds. The number of phosphoric ester groups is 1. The highest BCUT2D eigenvalue weighted by Crippen LogP contribution is 2.49. The molecule has 606 valence electrons. The number of aliphatic hydroxyl groups is 10. The quantitative estimate of drug-likeness (QED) is 0.00886. The van der Waals surface area contributed by atoms with Crippen molar-refractivity contribution >= 4 is 25.7 Å². The summed E-state index contributed by atoms with van der Waals surface area (Å²) in [4.78, 5) is 51.2. The monoisotopic (exact) mass is 1500 g/mol. The summed E-state index contributed by atoms with van der Waals surface area (Å²) in [5.74, 6) is -1.30. The van der Waals surface area contributed by atoms with Crippen LogP contribution >= 0.6 is 7.82 Å². The predicted octanol–water partition coefficient (Wildman–Crippen LogP) is 12.5. The third-order valence-electron chi connectivity index (χ3n) is 20.4. The molecule has 25 heteroatoms. The topological polar surface area (TPSA) is 374 Å². The van der Waals surface area contributed by atoms with Crippen molar-refractivity contribution in [2.24, 2.45) is 5.92 Å². The Hall–Kier alpha value is -2.30. The van der Waals surface area contributed by atoms with Crippen LogP contribution in [-0.4, -0.2) is 204 Å². The van der Waals surface area contributed by atoms with Crippen LogP contribution < -0.4 is 0 Å². The lowest BCUT2D eigenvalue weighted by Gasteiger charge is -2.49. The van der Waals surface area contributed by atoms with E-state index in [0.717, 1.165) is 116 Å². The molecule has 0 radical (unpaired) electrons. The van der Waals surface area contributed by atoms with Gasteiger partial charge in [-0.15, -0.1) is 0 Å². The number of aliphatic hydroxyl groups excluding tert-OH is 10. The van der Waals surface area contributed by atoms with Crippen molar-refractivity contribution in [1.82, 2.24) is 0 Å². The first-order chi connectivity index (χ1) is 49.7. The van der Waals surface area contributed by atoms with Gasteiger partial charge in [0.25, 0.3) is 0 Å². The Morgan fingerprint density at radius 1 is 0.398 bits per heavy atom. The van der Waals surface area contributed by atoms with Crippen LogP contribution in [0.15, 0.2) is 12.2 Å². The van der Waals surface area contributed by atoms with Crippen molar-refractivity contribution in [3.8, 4) is 0 Å². The van der Waals surface area contributed by atoms with E-state index in [4.69, 9.17) is 42.2 Å². The fourth-order valence-electron chi connectivity index (χ4n) is 13.7. The number of unbranched alkanes of at least 4 members (excludes halogenated alkanes) is 37. The average molecular weight is 1500 g/mol. The molecule has 1 aliphatic carbocycles. The zero-order chi connectivity index (χ0) is 75.5. The molecule has 3 aliphatic rings. The molecule has 11 N–H and O–H groups in total. The number of carbonyl (C=O) groups excluding carboxylic acids is 3. The summed E-state index contributed by atoms with van der Waals surface area (Å²) in [7, 11) is -5.70. The van der Waals surface area contributed by atoms with Crippen LogP contribution in [0.1, 0.15) is 329 Å². The smallest absolute Gasteiger partial charge is 0.463 e. The van der Waals surface area contributed by atoms with E-state index in [9.17, 15) is 74.9 Å². The Morgan fingerprint density at radius 3 is 1.16 bits per heavy atom. The minimum atomic E-state index is -5.70. The van der Waals surface area contributed by atoms with Crippen molar-refractivity contribution in [3.63, 3.8) is 0 Å². The zero-order valence-corrected chi connectivity index (χ0v) is 64.7. The van der Waals surface area contributed by atoms with Crippen molar-refractivity contribution in [2.75, 3.05) is 26.4 Å². The molecule has 0 aromatic carbocycles. The van der Waals surface area contributed by atoms with Crippen LogP contribution in [0.2, 0.25) is 0 Å². The molecule has 2 heterocycles. The third-order valence-corrected chi connectivity index (χ3v) is 21.4. The minimum absolute atomic E-state index is 0.0327. The summed E-state index contributed by atoms with van der Waals surface area (Å²) >= 11 is 0. The van der Waals surface area contributed by atoms with E-state index in [2.05, 4.69) is 39.8 Å². The summed E-state index contributed by atoms with van der Waals surface area (Å²) in [5, 5.41) is 110. The molecule has 103 heavy (non-hydrogen) atoms. The maximum Gasteiger partial charge on any atom is 0.472 e. The Kier molecular flexibility index (Phi) is 54.0. The largest absolute Gasteiger partial charge is 0.472 e. The van der Waals surface area contributed by atoms with Gasteiger partial charge in [0, 0.05) is 19.3 Å².